The summed E-state index contributed by atoms with van der Waals surface area (Å²) in [5.41, 5.74) is 1.52. The van der Waals surface area contributed by atoms with Crippen molar-refractivity contribution in [2.45, 2.75) is 0 Å². The lowest BCUT2D eigenvalue weighted by atomic mass is 10.2. The molecule has 4 aromatic heterocycles. The van der Waals surface area contributed by atoms with Gasteiger partial charge in [-0.3, -0.25) is 4.79 Å². The monoisotopic (exact) mass is 391 g/mol. The Morgan fingerprint density at radius 3 is 2.68 bits per heavy atom. The molecule has 0 saturated carbocycles. The van der Waals surface area contributed by atoms with E-state index < -0.39 is 0 Å². The summed E-state index contributed by atoms with van der Waals surface area (Å²) in [6.45, 7) is 2.71. The number of anilines is 1. The molecule has 5 rings (SSSR count). The van der Waals surface area contributed by atoms with Gasteiger partial charge in [0, 0.05) is 44.8 Å². The molecule has 0 aromatic carbocycles. The Kier molecular flexibility index (Phi) is 4.21. The summed E-state index contributed by atoms with van der Waals surface area (Å²) in [6.07, 6.45) is 6.74. The Bertz CT molecular complexity index is 1120. The number of thiophene rings is 1. The lowest BCUT2D eigenvalue weighted by Crippen LogP contribution is -2.49. The number of amides is 1. The molecule has 1 aliphatic rings. The van der Waals surface area contributed by atoms with Crippen LogP contribution in [0.3, 0.4) is 0 Å². The Hall–Kier alpha value is -3.33. The van der Waals surface area contributed by atoms with Gasteiger partial charge in [-0.1, -0.05) is 0 Å². The van der Waals surface area contributed by atoms with Crippen molar-refractivity contribution in [2.24, 2.45) is 0 Å². The van der Waals surface area contributed by atoms with E-state index >= 15 is 0 Å². The lowest BCUT2D eigenvalue weighted by molar-refractivity contribution is 0.0746. The minimum atomic E-state index is -0.0257. The van der Waals surface area contributed by atoms with Crippen LogP contribution < -0.4 is 4.90 Å². The van der Waals surface area contributed by atoms with Gasteiger partial charge in [0.2, 0.25) is 0 Å². The number of rotatable bonds is 3. The minimum absolute atomic E-state index is 0.0257. The van der Waals surface area contributed by atoms with Crippen molar-refractivity contribution in [1.29, 1.82) is 0 Å². The molecule has 0 unspecified atom stereocenters. The Morgan fingerprint density at radius 2 is 1.86 bits per heavy atom. The number of pyridine rings is 1. The highest BCUT2D eigenvalue weighted by atomic mass is 32.1. The topological polar surface area (TPSA) is 80.0 Å². The summed E-state index contributed by atoms with van der Waals surface area (Å²) >= 11 is 1.65. The SMILES string of the molecule is O=C(c1cccnc1-n1cccn1)N1CCN(c2ncnc3ccsc23)CC1. The molecule has 4 aromatic rings. The second-order valence-corrected chi connectivity index (χ2v) is 7.35. The van der Waals surface area contributed by atoms with Crippen LogP contribution in [0.5, 0.6) is 0 Å². The maximum Gasteiger partial charge on any atom is 0.257 e. The Morgan fingerprint density at radius 1 is 0.964 bits per heavy atom. The molecule has 9 heteroatoms. The summed E-state index contributed by atoms with van der Waals surface area (Å²) in [6, 6.07) is 7.40. The van der Waals surface area contributed by atoms with Crippen LogP contribution in [0.4, 0.5) is 5.82 Å². The van der Waals surface area contributed by atoms with E-state index in [2.05, 4.69) is 25.0 Å². The van der Waals surface area contributed by atoms with Crippen molar-refractivity contribution in [2.75, 3.05) is 31.1 Å². The van der Waals surface area contributed by atoms with Crippen LogP contribution in [-0.2, 0) is 0 Å². The Balaban J connectivity index is 1.35. The quantitative estimate of drug-likeness (QED) is 0.533. The van der Waals surface area contributed by atoms with E-state index in [1.54, 1.807) is 53.1 Å². The van der Waals surface area contributed by atoms with Gasteiger partial charge in [-0.05, 0) is 29.6 Å². The van der Waals surface area contributed by atoms with Gasteiger partial charge in [0.05, 0.1) is 15.8 Å². The van der Waals surface area contributed by atoms with Crippen molar-refractivity contribution in [3.63, 3.8) is 0 Å². The molecule has 1 aliphatic heterocycles. The van der Waals surface area contributed by atoms with Gasteiger partial charge < -0.3 is 9.80 Å². The number of carbonyl (C=O) groups excluding carboxylic acids is 1. The van der Waals surface area contributed by atoms with E-state index in [1.165, 1.54) is 0 Å². The number of aromatic nitrogens is 5. The van der Waals surface area contributed by atoms with Crippen molar-refractivity contribution in [3.8, 4) is 5.82 Å². The number of carbonyl (C=O) groups is 1. The lowest BCUT2D eigenvalue weighted by Gasteiger charge is -2.35. The summed E-state index contributed by atoms with van der Waals surface area (Å²) < 4.78 is 2.72. The van der Waals surface area contributed by atoms with Crippen LogP contribution in [0.1, 0.15) is 10.4 Å². The highest BCUT2D eigenvalue weighted by Crippen LogP contribution is 2.28. The molecule has 0 aliphatic carbocycles. The van der Waals surface area contributed by atoms with Crippen LogP contribution >= 0.6 is 11.3 Å². The van der Waals surface area contributed by atoms with E-state index in [-0.39, 0.29) is 5.91 Å². The molecule has 8 nitrogen and oxygen atoms in total. The van der Waals surface area contributed by atoms with Gasteiger partial charge in [-0.2, -0.15) is 5.10 Å². The summed E-state index contributed by atoms with van der Waals surface area (Å²) in [4.78, 5) is 30.4. The molecule has 1 fully saturated rings. The van der Waals surface area contributed by atoms with Gasteiger partial charge in [0.1, 0.15) is 12.1 Å². The van der Waals surface area contributed by atoms with Gasteiger partial charge in [0.25, 0.3) is 5.91 Å². The van der Waals surface area contributed by atoms with Crippen LogP contribution in [0.2, 0.25) is 0 Å². The molecular weight excluding hydrogens is 374 g/mol. The first kappa shape index (κ1) is 16.8. The van der Waals surface area contributed by atoms with Crippen LogP contribution in [-0.4, -0.2) is 61.7 Å². The van der Waals surface area contributed by atoms with E-state index in [4.69, 9.17) is 0 Å². The van der Waals surface area contributed by atoms with Crippen LogP contribution in [0.15, 0.2) is 54.6 Å². The standard InChI is InChI=1S/C19H17N7OS/c27-19(14-3-1-5-20-17(14)26-7-2-6-23-26)25-10-8-24(9-11-25)18-16-15(4-12-28-16)21-13-22-18/h1-7,12-13H,8-11H2. The molecule has 0 atom stereocenters. The molecule has 0 N–H and O–H groups in total. The van der Waals surface area contributed by atoms with Crippen LogP contribution in [0, 0.1) is 0 Å². The second kappa shape index (κ2) is 7.01. The summed E-state index contributed by atoms with van der Waals surface area (Å²) in [5, 5.41) is 6.24. The zero-order chi connectivity index (χ0) is 18.9. The molecule has 0 bridgehead atoms. The van der Waals surface area contributed by atoms with Gasteiger partial charge in [-0.15, -0.1) is 11.3 Å². The highest BCUT2D eigenvalue weighted by Gasteiger charge is 2.26. The predicted octanol–water partition coefficient (Wildman–Crippen LogP) is 2.23. The molecule has 0 radical (unpaired) electrons. The minimum Gasteiger partial charge on any atom is -0.352 e. The molecule has 1 saturated heterocycles. The third-order valence-electron chi connectivity index (χ3n) is 4.83. The first-order valence-corrected chi connectivity index (χ1v) is 9.87. The third-order valence-corrected chi connectivity index (χ3v) is 5.73. The van der Waals surface area contributed by atoms with E-state index in [0.29, 0.717) is 24.5 Å². The fourth-order valence-electron chi connectivity index (χ4n) is 3.43. The van der Waals surface area contributed by atoms with Crippen LogP contribution in [0.25, 0.3) is 16.0 Å². The molecular formula is C19H17N7OS. The number of piperazine rings is 1. The normalized spacial score (nSPS) is 14.6. The molecule has 0 spiro atoms. The van der Waals surface area contributed by atoms with Gasteiger partial charge >= 0.3 is 0 Å². The number of nitrogens with zero attached hydrogens (tertiary/aromatic N) is 7. The zero-order valence-electron chi connectivity index (χ0n) is 15.0. The Labute approximate surface area is 165 Å². The molecule has 28 heavy (non-hydrogen) atoms. The van der Waals surface area contributed by atoms with Gasteiger partial charge in [0.15, 0.2) is 5.82 Å². The highest BCUT2D eigenvalue weighted by molar-refractivity contribution is 7.17. The molecule has 140 valence electrons. The smallest absolute Gasteiger partial charge is 0.257 e. The number of fused-ring (bicyclic) bond motifs is 1. The fourth-order valence-corrected chi connectivity index (χ4v) is 4.30. The van der Waals surface area contributed by atoms with E-state index in [1.807, 2.05) is 22.4 Å². The van der Waals surface area contributed by atoms with Crippen molar-refractivity contribution < 1.29 is 4.79 Å². The van der Waals surface area contributed by atoms with E-state index in [9.17, 15) is 4.79 Å². The predicted molar refractivity (Wildman–Crippen MR) is 107 cm³/mol. The molecule has 5 heterocycles. The largest absolute Gasteiger partial charge is 0.352 e. The second-order valence-electron chi connectivity index (χ2n) is 6.44. The van der Waals surface area contributed by atoms with E-state index in [0.717, 1.165) is 29.1 Å². The summed E-state index contributed by atoms with van der Waals surface area (Å²) in [7, 11) is 0. The van der Waals surface area contributed by atoms with Gasteiger partial charge in [-0.25, -0.2) is 19.6 Å². The van der Waals surface area contributed by atoms with Crippen molar-refractivity contribution >= 4 is 33.3 Å². The number of hydrogen-bond acceptors (Lipinski definition) is 7. The fraction of sp³-hybridized carbons (Fsp3) is 0.211. The first-order chi connectivity index (χ1) is 13.8. The maximum atomic E-state index is 13.1. The first-order valence-electron chi connectivity index (χ1n) is 8.99. The van der Waals surface area contributed by atoms with Crippen molar-refractivity contribution in [3.05, 3.63) is 60.1 Å². The average molecular weight is 391 g/mol. The average Bonchev–Trinajstić information content (AvgIpc) is 3.45. The third kappa shape index (κ3) is 2.89. The summed E-state index contributed by atoms with van der Waals surface area (Å²) in [5.74, 6) is 1.48. The maximum absolute atomic E-state index is 13.1. The zero-order valence-corrected chi connectivity index (χ0v) is 15.8. The van der Waals surface area contributed by atoms with Crippen molar-refractivity contribution in [1.82, 2.24) is 29.6 Å². The molecule has 1 amide bonds. The number of hydrogen-bond donors (Lipinski definition) is 0.